The van der Waals surface area contributed by atoms with Crippen LogP contribution in [-0.2, 0) is 0 Å². The van der Waals surface area contributed by atoms with Gasteiger partial charge in [0.2, 0.25) is 0 Å². The van der Waals surface area contributed by atoms with Crippen molar-refractivity contribution in [3.05, 3.63) is 21.3 Å². The summed E-state index contributed by atoms with van der Waals surface area (Å²) in [4.78, 5) is 5.93. The van der Waals surface area contributed by atoms with Gasteiger partial charge in [0.1, 0.15) is 0 Å². The van der Waals surface area contributed by atoms with Crippen LogP contribution in [0.1, 0.15) is 58.8 Å². The molecule has 2 heterocycles. The number of thiophene rings is 2. The molecule has 0 unspecified atom stereocenters. The number of thioether (sulfide) groups is 2. The zero-order valence-corrected chi connectivity index (χ0v) is 19.5. The highest BCUT2D eigenvalue weighted by atomic mass is 79.9. The zero-order chi connectivity index (χ0) is 17.2. The van der Waals surface area contributed by atoms with E-state index in [1.165, 1.54) is 79.8 Å². The molecule has 5 heteroatoms. The van der Waals surface area contributed by atoms with E-state index >= 15 is 0 Å². The molecule has 0 aliphatic carbocycles. The lowest BCUT2D eigenvalue weighted by Crippen LogP contribution is -1.84. The molecule has 0 N–H and O–H groups in total. The van der Waals surface area contributed by atoms with Crippen LogP contribution in [0.4, 0.5) is 0 Å². The summed E-state index contributed by atoms with van der Waals surface area (Å²) in [5.74, 6) is 2.50. The van der Waals surface area contributed by atoms with Gasteiger partial charge in [-0.25, -0.2) is 0 Å². The van der Waals surface area contributed by atoms with E-state index in [0.717, 1.165) is 0 Å². The molecule has 0 spiro atoms. The van der Waals surface area contributed by atoms with Gasteiger partial charge in [-0.15, -0.1) is 46.2 Å². The smallest absolute Gasteiger partial charge is 0.0705 e. The quantitative estimate of drug-likeness (QED) is 0.227. The van der Waals surface area contributed by atoms with E-state index in [-0.39, 0.29) is 0 Å². The minimum atomic E-state index is 1.22. The fraction of sp³-hybridized carbons (Fsp3) is 0.579. The van der Waals surface area contributed by atoms with E-state index in [4.69, 9.17) is 0 Å². The predicted octanol–water partition coefficient (Wildman–Crippen LogP) is 9.19. The Hall–Kier alpha value is 0.580. The van der Waals surface area contributed by atoms with Gasteiger partial charge >= 0.3 is 0 Å². The average molecular weight is 464 g/mol. The zero-order valence-electron chi connectivity index (χ0n) is 14.6. The summed E-state index contributed by atoms with van der Waals surface area (Å²) in [5.41, 5.74) is 0. The molecule has 0 amide bonds. The number of rotatable bonds is 12. The number of halogens is 1. The molecule has 0 aliphatic heterocycles. The van der Waals surface area contributed by atoms with Gasteiger partial charge in [0, 0.05) is 20.0 Å². The Balaban J connectivity index is 2.03. The van der Waals surface area contributed by atoms with Gasteiger partial charge in [0.05, 0.1) is 8.66 Å². The highest BCUT2D eigenvalue weighted by Gasteiger charge is 2.15. The van der Waals surface area contributed by atoms with E-state index in [2.05, 4.69) is 70.8 Å². The Bertz CT molecular complexity index is 588. The summed E-state index contributed by atoms with van der Waals surface area (Å²) in [7, 11) is 0. The fourth-order valence-corrected chi connectivity index (χ4v) is 7.85. The number of hydrogen-bond donors (Lipinski definition) is 0. The molecule has 0 nitrogen and oxygen atoms in total. The van der Waals surface area contributed by atoms with Gasteiger partial charge in [0.15, 0.2) is 0 Å². The van der Waals surface area contributed by atoms with Crippen LogP contribution in [-0.4, -0.2) is 11.5 Å². The Kier molecular flexibility index (Phi) is 10.5. The monoisotopic (exact) mass is 462 g/mol. The molecule has 0 atom stereocenters. The minimum absolute atomic E-state index is 1.22. The van der Waals surface area contributed by atoms with Gasteiger partial charge < -0.3 is 0 Å². The van der Waals surface area contributed by atoms with Gasteiger partial charge in [-0.3, -0.25) is 0 Å². The SMILES string of the molecule is CCCCCCSc1csc(-c2ccc(Br)s2)c1SCCCCC. The first-order valence-corrected chi connectivity index (χ1v) is 13.3. The van der Waals surface area contributed by atoms with E-state index in [0.29, 0.717) is 0 Å². The van der Waals surface area contributed by atoms with Crippen molar-refractivity contribution in [1.29, 1.82) is 0 Å². The Morgan fingerprint density at radius 1 is 0.917 bits per heavy atom. The highest BCUT2D eigenvalue weighted by molar-refractivity contribution is 9.11. The van der Waals surface area contributed by atoms with E-state index in [9.17, 15) is 0 Å². The lowest BCUT2D eigenvalue weighted by molar-refractivity contribution is 0.706. The first-order valence-electron chi connectivity index (χ1n) is 8.89. The fourth-order valence-electron chi connectivity index (χ4n) is 2.41. The average Bonchev–Trinajstić information content (AvgIpc) is 3.17. The lowest BCUT2D eigenvalue weighted by Gasteiger charge is -2.07. The van der Waals surface area contributed by atoms with Gasteiger partial charge in [-0.1, -0.05) is 46.0 Å². The van der Waals surface area contributed by atoms with Crippen molar-refractivity contribution in [3.63, 3.8) is 0 Å². The Morgan fingerprint density at radius 2 is 1.62 bits per heavy atom. The predicted molar refractivity (Wildman–Crippen MR) is 120 cm³/mol. The van der Waals surface area contributed by atoms with Crippen LogP contribution in [0.25, 0.3) is 9.75 Å². The Morgan fingerprint density at radius 3 is 2.33 bits per heavy atom. The summed E-state index contributed by atoms with van der Waals surface area (Å²) in [6, 6.07) is 4.43. The van der Waals surface area contributed by atoms with E-state index in [1.807, 2.05) is 22.7 Å². The maximum atomic E-state index is 3.61. The second-order valence-electron chi connectivity index (χ2n) is 5.83. The first kappa shape index (κ1) is 20.9. The molecule has 0 saturated heterocycles. The topological polar surface area (TPSA) is 0 Å². The Labute approximate surface area is 172 Å². The third kappa shape index (κ3) is 6.71. The van der Waals surface area contributed by atoms with E-state index in [1.54, 1.807) is 0 Å². The summed E-state index contributed by atoms with van der Waals surface area (Å²) >= 11 is 11.5. The molecule has 134 valence electrons. The van der Waals surface area contributed by atoms with Gasteiger partial charge in [-0.05, 0) is 52.4 Å². The third-order valence-electron chi connectivity index (χ3n) is 3.76. The van der Waals surface area contributed by atoms with Crippen molar-refractivity contribution >= 4 is 62.1 Å². The van der Waals surface area contributed by atoms with Crippen molar-refractivity contribution in [2.75, 3.05) is 11.5 Å². The summed E-state index contributed by atoms with van der Waals surface area (Å²) in [5, 5.41) is 2.38. The van der Waals surface area contributed by atoms with Gasteiger partial charge in [-0.2, -0.15) is 0 Å². The van der Waals surface area contributed by atoms with Crippen molar-refractivity contribution in [2.45, 2.75) is 68.6 Å². The van der Waals surface area contributed by atoms with Crippen molar-refractivity contribution in [2.24, 2.45) is 0 Å². The number of unbranched alkanes of at least 4 members (excludes halogenated alkanes) is 5. The molecule has 0 saturated carbocycles. The molecule has 2 rings (SSSR count). The van der Waals surface area contributed by atoms with Crippen LogP contribution in [0, 0.1) is 0 Å². The van der Waals surface area contributed by atoms with Crippen molar-refractivity contribution < 1.29 is 0 Å². The van der Waals surface area contributed by atoms with Crippen molar-refractivity contribution in [3.8, 4) is 9.75 Å². The summed E-state index contributed by atoms with van der Waals surface area (Å²) in [6.45, 7) is 4.56. The maximum absolute atomic E-state index is 3.61. The molecule has 24 heavy (non-hydrogen) atoms. The summed E-state index contributed by atoms with van der Waals surface area (Å²) < 4.78 is 1.22. The van der Waals surface area contributed by atoms with Crippen LogP contribution < -0.4 is 0 Å². The maximum Gasteiger partial charge on any atom is 0.0705 e. The second-order valence-corrected chi connectivity index (χ2v) is 11.4. The van der Waals surface area contributed by atoms with Crippen LogP contribution in [0.5, 0.6) is 0 Å². The van der Waals surface area contributed by atoms with Crippen LogP contribution in [0.3, 0.4) is 0 Å². The van der Waals surface area contributed by atoms with Crippen molar-refractivity contribution in [1.82, 2.24) is 0 Å². The minimum Gasteiger partial charge on any atom is -0.141 e. The highest BCUT2D eigenvalue weighted by Crippen LogP contribution is 2.46. The molecule has 0 bridgehead atoms. The standard InChI is InChI=1S/C19H27BrS4/c1-3-5-7-9-12-21-16-14-23-18(15-10-11-17(20)24-15)19(16)22-13-8-6-4-2/h10-11,14H,3-9,12-13H2,1-2H3. The van der Waals surface area contributed by atoms with Crippen LogP contribution >= 0.6 is 62.1 Å². The molecule has 0 aliphatic rings. The molecule has 2 aromatic heterocycles. The lowest BCUT2D eigenvalue weighted by atomic mass is 10.2. The first-order chi connectivity index (χ1) is 11.8. The van der Waals surface area contributed by atoms with E-state index < -0.39 is 0 Å². The molecule has 0 radical (unpaired) electrons. The van der Waals surface area contributed by atoms with Gasteiger partial charge in [0.25, 0.3) is 0 Å². The molecule has 0 fully saturated rings. The van der Waals surface area contributed by atoms with Crippen LogP contribution in [0.2, 0.25) is 0 Å². The summed E-state index contributed by atoms with van der Waals surface area (Å²) in [6.07, 6.45) is 9.37. The third-order valence-corrected chi connectivity index (χ3v) is 9.28. The molecular formula is C19H27BrS4. The second kappa shape index (κ2) is 12.1. The number of hydrogen-bond acceptors (Lipinski definition) is 4. The molecular weight excluding hydrogens is 436 g/mol. The largest absolute Gasteiger partial charge is 0.141 e. The molecule has 2 aromatic rings. The normalized spacial score (nSPS) is 11.3. The molecule has 0 aromatic carbocycles. The van der Waals surface area contributed by atoms with Crippen LogP contribution in [0.15, 0.2) is 31.1 Å².